The molecule has 86 valence electrons. The fourth-order valence-corrected chi connectivity index (χ4v) is 1.37. The molecule has 0 amide bonds. The molecule has 16 heavy (non-hydrogen) atoms. The summed E-state index contributed by atoms with van der Waals surface area (Å²) in [5.41, 5.74) is 7.09. The lowest BCUT2D eigenvalue weighted by Gasteiger charge is -2.03. The van der Waals surface area contributed by atoms with E-state index in [1.54, 1.807) is 22.9 Å². The maximum absolute atomic E-state index is 12.9. The molecule has 0 saturated heterocycles. The summed E-state index contributed by atoms with van der Waals surface area (Å²) in [6.07, 6.45) is 0. The van der Waals surface area contributed by atoms with Crippen molar-refractivity contribution in [3.63, 3.8) is 0 Å². The fourth-order valence-electron chi connectivity index (χ4n) is 1.37. The quantitative estimate of drug-likeness (QED) is 0.804. The van der Waals surface area contributed by atoms with E-state index in [4.69, 9.17) is 5.73 Å². The maximum atomic E-state index is 12.9. The second-order valence-corrected chi connectivity index (χ2v) is 3.10. The predicted octanol–water partition coefficient (Wildman–Crippen LogP) is 2.93. The minimum Gasteiger partial charge on any atom is -0.382 e. The molecule has 2 aromatic rings. The summed E-state index contributed by atoms with van der Waals surface area (Å²) in [6.45, 7) is 5.87. The number of rotatable bonds is 1. The molecule has 0 aliphatic heterocycles. The van der Waals surface area contributed by atoms with Gasteiger partial charge in [0.05, 0.1) is 5.69 Å². The molecule has 0 spiro atoms. The van der Waals surface area contributed by atoms with Crippen LogP contribution in [0.15, 0.2) is 30.3 Å². The van der Waals surface area contributed by atoms with Gasteiger partial charge in [0.2, 0.25) is 0 Å². The fraction of sp³-hybridized carbons (Fsp3) is 0.250. The first-order chi connectivity index (χ1) is 7.66. The van der Waals surface area contributed by atoms with Crippen LogP contribution in [0.1, 0.15) is 19.5 Å². The summed E-state index contributed by atoms with van der Waals surface area (Å²) in [5.74, 6) is 0.155. The van der Waals surface area contributed by atoms with Crippen molar-refractivity contribution in [2.75, 3.05) is 5.73 Å². The largest absolute Gasteiger partial charge is 0.382 e. The van der Waals surface area contributed by atoms with Gasteiger partial charge in [0, 0.05) is 11.8 Å². The van der Waals surface area contributed by atoms with E-state index >= 15 is 0 Å². The van der Waals surface area contributed by atoms with Gasteiger partial charge in [-0.2, -0.15) is 5.10 Å². The topological polar surface area (TPSA) is 43.8 Å². The third-order valence-electron chi connectivity index (χ3n) is 1.96. The van der Waals surface area contributed by atoms with Gasteiger partial charge in [-0.15, -0.1) is 0 Å². The average molecular weight is 221 g/mol. The first-order valence-corrected chi connectivity index (χ1v) is 5.25. The Morgan fingerprint density at radius 2 is 1.94 bits per heavy atom. The van der Waals surface area contributed by atoms with Crippen LogP contribution >= 0.6 is 0 Å². The van der Waals surface area contributed by atoms with E-state index in [0.29, 0.717) is 11.5 Å². The standard InChI is InChI=1S/C10H10FN3.C2H6/c1-7-5-10(12)13-14(7)9-4-2-3-8(11)6-9;1-2/h2-6H,1H3,(H2,12,13);1-2H3. The number of hydrogen-bond acceptors (Lipinski definition) is 2. The second-order valence-electron chi connectivity index (χ2n) is 3.10. The molecule has 1 aromatic heterocycles. The number of benzene rings is 1. The normalized spacial score (nSPS) is 9.50. The Bertz CT molecular complexity index is 463. The Kier molecular flexibility index (Phi) is 4.05. The predicted molar refractivity (Wildman–Crippen MR) is 64.0 cm³/mol. The molecule has 0 unspecified atom stereocenters. The summed E-state index contributed by atoms with van der Waals surface area (Å²) in [4.78, 5) is 0. The molecule has 0 aliphatic rings. The van der Waals surface area contributed by atoms with Gasteiger partial charge in [0.1, 0.15) is 11.6 Å². The summed E-state index contributed by atoms with van der Waals surface area (Å²) in [5, 5.41) is 4.05. The summed E-state index contributed by atoms with van der Waals surface area (Å²) in [7, 11) is 0. The minimum absolute atomic E-state index is 0.282. The van der Waals surface area contributed by atoms with Crippen LogP contribution in [0.3, 0.4) is 0 Å². The number of nitrogen functional groups attached to an aromatic ring is 1. The van der Waals surface area contributed by atoms with Crippen molar-refractivity contribution < 1.29 is 4.39 Å². The summed E-state index contributed by atoms with van der Waals surface area (Å²) < 4.78 is 14.5. The van der Waals surface area contributed by atoms with Crippen LogP contribution in [0.25, 0.3) is 5.69 Å². The zero-order valence-corrected chi connectivity index (χ0v) is 9.74. The summed E-state index contributed by atoms with van der Waals surface area (Å²) >= 11 is 0. The van der Waals surface area contributed by atoms with Crippen molar-refractivity contribution in [1.82, 2.24) is 9.78 Å². The van der Waals surface area contributed by atoms with Crippen LogP contribution in [-0.4, -0.2) is 9.78 Å². The van der Waals surface area contributed by atoms with Gasteiger partial charge >= 0.3 is 0 Å². The molecule has 0 atom stereocenters. The van der Waals surface area contributed by atoms with E-state index < -0.39 is 0 Å². The number of nitrogens with two attached hydrogens (primary N) is 1. The molecule has 3 nitrogen and oxygen atoms in total. The van der Waals surface area contributed by atoms with Crippen LogP contribution < -0.4 is 5.73 Å². The SMILES string of the molecule is CC.Cc1cc(N)nn1-c1cccc(F)c1. The molecule has 1 aromatic carbocycles. The highest BCUT2D eigenvalue weighted by molar-refractivity contribution is 5.38. The number of halogens is 1. The van der Waals surface area contributed by atoms with Gasteiger partial charge in [-0.05, 0) is 25.1 Å². The Morgan fingerprint density at radius 1 is 1.25 bits per heavy atom. The van der Waals surface area contributed by atoms with Crippen molar-refractivity contribution in [2.24, 2.45) is 0 Å². The Hall–Kier alpha value is -1.84. The highest BCUT2D eigenvalue weighted by atomic mass is 19.1. The lowest BCUT2D eigenvalue weighted by atomic mass is 10.3. The van der Waals surface area contributed by atoms with E-state index in [2.05, 4.69) is 5.10 Å². The molecule has 1 heterocycles. The van der Waals surface area contributed by atoms with Crippen molar-refractivity contribution in [3.05, 3.63) is 41.8 Å². The molecule has 0 fully saturated rings. The van der Waals surface area contributed by atoms with E-state index in [1.807, 2.05) is 20.8 Å². The molecule has 4 heteroatoms. The number of aryl methyl sites for hydroxylation is 1. The molecule has 2 rings (SSSR count). The zero-order valence-electron chi connectivity index (χ0n) is 9.74. The molecule has 0 aliphatic carbocycles. The smallest absolute Gasteiger partial charge is 0.146 e. The Morgan fingerprint density at radius 3 is 2.44 bits per heavy atom. The van der Waals surface area contributed by atoms with Crippen molar-refractivity contribution in [2.45, 2.75) is 20.8 Å². The van der Waals surface area contributed by atoms with E-state index in [1.165, 1.54) is 12.1 Å². The molecule has 0 radical (unpaired) electrons. The molecular weight excluding hydrogens is 205 g/mol. The highest BCUT2D eigenvalue weighted by Crippen LogP contribution is 2.13. The first-order valence-electron chi connectivity index (χ1n) is 5.25. The average Bonchev–Trinajstić information content (AvgIpc) is 2.61. The zero-order chi connectivity index (χ0) is 12.1. The monoisotopic (exact) mass is 221 g/mol. The maximum Gasteiger partial charge on any atom is 0.146 e. The third-order valence-corrected chi connectivity index (χ3v) is 1.96. The lowest BCUT2D eigenvalue weighted by molar-refractivity contribution is 0.625. The molecule has 0 saturated carbocycles. The van der Waals surface area contributed by atoms with E-state index in [-0.39, 0.29) is 5.82 Å². The first kappa shape index (κ1) is 12.2. The summed E-state index contributed by atoms with van der Waals surface area (Å²) in [6, 6.07) is 7.97. The van der Waals surface area contributed by atoms with Gasteiger partial charge in [-0.1, -0.05) is 19.9 Å². The van der Waals surface area contributed by atoms with Crippen molar-refractivity contribution >= 4 is 5.82 Å². The number of aromatic nitrogens is 2. The highest BCUT2D eigenvalue weighted by Gasteiger charge is 2.03. The van der Waals surface area contributed by atoms with Crippen molar-refractivity contribution in [3.8, 4) is 5.69 Å². The number of hydrogen-bond donors (Lipinski definition) is 1. The van der Waals surface area contributed by atoms with E-state index in [0.717, 1.165) is 5.69 Å². The Labute approximate surface area is 94.7 Å². The molecular formula is C12H16FN3. The van der Waals surface area contributed by atoms with Crippen LogP contribution in [-0.2, 0) is 0 Å². The molecule has 0 bridgehead atoms. The van der Waals surface area contributed by atoms with Gasteiger partial charge in [0.15, 0.2) is 0 Å². The minimum atomic E-state index is -0.282. The van der Waals surface area contributed by atoms with Gasteiger partial charge in [0.25, 0.3) is 0 Å². The van der Waals surface area contributed by atoms with Crippen LogP contribution in [0.4, 0.5) is 10.2 Å². The lowest BCUT2D eigenvalue weighted by Crippen LogP contribution is -1.99. The third kappa shape index (κ3) is 2.59. The van der Waals surface area contributed by atoms with Gasteiger partial charge < -0.3 is 5.73 Å². The molecule has 2 N–H and O–H groups in total. The van der Waals surface area contributed by atoms with Crippen molar-refractivity contribution in [1.29, 1.82) is 0 Å². The van der Waals surface area contributed by atoms with Crippen LogP contribution in [0, 0.1) is 12.7 Å². The van der Waals surface area contributed by atoms with Crippen LogP contribution in [0.2, 0.25) is 0 Å². The van der Waals surface area contributed by atoms with Gasteiger partial charge in [-0.3, -0.25) is 0 Å². The number of nitrogens with zero attached hydrogens (tertiary/aromatic N) is 2. The van der Waals surface area contributed by atoms with Crippen LogP contribution in [0.5, 0.6) is 0 Å². The van der Waals surface area contributed by atoms with E-state index in [9.17, 15) is 4.39 Å². The second kappa shape index (κ2) is 5.30. The Balaban J connectivity index is 0.000000606. The van der Waals surface area contributed by atoms with Gasteiger partial charge in [-0.25, -0.2) is 9.07 Å². The number of anilines is 1.